The lowest BCUT2D eigenvalue weighted by molar-refractivity contribution is 0.149. The summed E-state index contributed by atoms with van der Waals surface area (Å²) in [5.41, 5.74) is 0.376. The van der Waals surface area contributed by atoms with E-state index in [0.29, 0.717) is 17.4 Å². The molecule has 2 atom stereocenters. The summed E-state index contributed by atoms with van der Waals surface area (Å²) in [5, 5.41) is 0. The second-order valence-electron chi connectivity index (χ2n) is 5.82. The van der Waals surface area contributed by atoms with Gasteiger partial charge in [0.1, 0.15) is 0 Å². The van der Waals surface area contributed by atoms with Crippen molar-refractivity contribution in [3.8, 4) is 12.5 Å². The summed E-state index contributed by atoms with van der Waals surface area (Å²) in [4.78, 5) is 2.20. The minimum absolute atomic E-state index is 0.376. The lowest BCUT2D eigenvalue weighted by Gasteiger charge is -2.36. The van der Waals surface area contributed by atoms with Crippen LogP contribution in [0.5, 0.6) is 0 Å². The number of nitrogens with zero attached hydrogens (tertiary/aromatic N) is 1. The van der Waals surface area contributed by atoms with E-state index in [1.54, 1.807) is 0 Å². The van der Waals surface area contributed by atoms with Crippen molar-refractivity contribution in [3.63, 3.8) is 0 Å². The Balaban J connectivity index is 2.85. The summed E-state index contributed by atoms with van der Waals surface area (Å²) in [6.45, 7) is 12.6. The molecule has 1 fully saturated rings. The van der Waals surface area contributed by atoms with Crippen LogP contribution >= 0.6 is 0 Å². The average molecular weight is 193 g/mol. The Morgan fingerprint density at radius 2 is 1.93 bits per heavy atom. The molecule has 0 aromatic heterocycles. The molecule has 0 amide bonds. The van der Waals surface area contributed by atoms with Crippen molar-refractivity contribution < 1.29 is 0 Å². The van der Waals surface area contributed by atoms with Gasteiger partial charge in [-0.2, -0.15) is 0 Å². The van der Waals surface area contributed by atoms with E-state index >= 15 is 0 Å². The molecule has 1 heterocycles. The van der Waals surface area contributed by atoms with Crippen LogP contribution in [0, 0.1) is 29.7 Å². The highest BCUT2D eigenvalue weighted by Crippen LogP contribution is 2.40. The topological polar surface area (TPSA) is 3.24 Å². The molecule has 0 radical (unpaired) electrons. The molecule has 1 rings (SSSR count). The lowest BCUT2D eigenvalue weighted by atomic mass is 9.73. The van der Waals surface area contributed by atoms with Crippen LogP contribution in [0.25, 0.3) is 0 Å². The van der Waals surface area contributed by atoms with E-state index in [0.717, 1.165) is 12.5 Å². The quantitative estimate of drug-likeness (QED) is 0.579. The molecule has 1 saturated heterocycles. The average Bonchev–Trinajstić information content (AvgIpc) is 2.45. The van der Waals surface area contributed by atoms with Crippen molar-refractivity contribution in [2.24, 2.45) is 17.3 Å². The summed E-state index contributed by atoms with van der Waals surface area (Å²) >= 11 is 0. The SMILES string of the molecule is C#CN1CCC(C(C)(C)C)C1C(C)C. The molecule has 1 aliphatic heterocycles. The van der Waals surface area contributed by atoms with Gasteiger partial charge in [-0.1, -0.05) is 41.0 Å². The highest BCUT2D eigenvalue weighted by Gasteiger charge is 2.41. The van der Waals surface area contributed by atoms with E-state index in [1.165, 1.54) is 6.42 Å². The highest BCUT2D eigenvalue weighted by molar-refractivity contribution is 5.01. The normalized spacial score (nSPS) is 28.2. The van der Waals surface area contributed by atoms with Crippen LogP contribution in [0.3, 0.4) is 0 Å². The van der Waals surface area contributed by atoms with E-state index in [-0.39, 0.29) is 0 Å². The molecule has 0 aliphatic carbocycles. The van der Waals surface area contributed by atoms with Crippen LogP contribution in [0.15, 0.2) is 0 Å². The van der Waals surface area contributed by atoms with Gasteiger partial charge in [0, 0.05) is 18.6 Å². The van der Waals surface area contributed by atoms with Crippen molar-refractivity contribution in [1.82, 2.24) is 4.90 Å². The molecule has 0 spiro atoms. The van der Waals surface area contributed by atoms with Crippen LogP contribution in [0.1, 0.15) is 41.0 Å². The zero-order chi connectivity index (χ0) is 10.9. The van der Waals surface area contributed by atoms with E-state index < -0.39 is 0 Å². The second-order valence-corrected chi connectivity index (χ2v) is 5.82. The van der Waals surface area contributed by atoms with Gasteiger partial charge in [0.2, 0.25) is 0 Å². The first-order chi connectivity index (χ1) is 6.38. The van der Waals surface area contributed by atoms with Gasteiger partial charge in [-0.15, -0.1) is 0 Å². The van der Waals surface area contributed by atoms with Crippen LogP contribution in [0.4, 0.5) is 0 Å². The number of terminal acetylenes is 1. The van der Waals surface area contributed by atoms with Gasteiger partial charge >= 0.3 is 0 Å². The first-order valence-corrected chi connectivity index (χ1v) is 5.60. The van der Waals surface area contributed by atoms with Crippen LogP contribution in [-0.2, 0) is 0 Å². The van der Waals surface area contributed by atoms with Crippen LogP contribution in [0.2, 0.25) is 0 Å². The Bertz CT molecular complexity index is 229. The fourth-order valence-corrected chi connectivity index (χ4v) is 2.74. The third-order valence-corrected chi connectivity index (χ3v) is 3.41. The van der Waals surface area contributed by atoms with E-state index in [2.05, 4.69) is 45.6 Å². The molecule has 1 aliphatic rings. The van der Waals surface area contributed by atoms with E-state index in [1.807, 2.05) is 0 Å². The van der Waals surface area contributed by atoms with Gasteiger partial charge in [-0.3, -0.25) is 0 Å². The molecule has 0 saturated carbocycles. The zero-order valence-electron chi connectivity index (χ0n) is 10.2. The predicted molar refractivity (Wildman–Crippen MR) is 61.7 cm³/mol. The van der Waals surface area contributed by atoms with Crippen molar-refractivity contribution in [2.45, 2.75) is 47.1 Å². The van der Waals surface area contributed by atoms with Crippen molar-refractivity contribution in [3.05, 3.63) is 0 Å². The maximum atomic E-state index is 5.54. The maximum Gasteiger partial charge on any atom is 0.0428 e. The molecule has 0 bridgehead atoms. The molecule has 1 heteroatoms. The number of rotatable bonds is 1. The van der Waals surface area contributed by atoms with Gasteiger partial charge < -0.3 is 4.90 Å². The molecule has 2 unspecified atom stereocenters. The Labute approximate surface area is 88.9 Å². The van der Waals surface area contributed by atoms with Crippen LogP contribution < -0.4 is 0 Å². The van der Waals surface area contributed by atoms with Gasteiger partial charge in [0.25, 0.3) is 0 Å². The molecule has 14 heavy (non-hydrogen) atoms. The summed E-state index contributed by atoms with van der Waals surface area (Å²) in [6, 6.07) is 3.40. The fraction of sp³-hybridized carbons (Fsp3) is 0.846. The fourth-order valence-electron chi connectivity index (χ4n) is 2.74. The minimum Gasteiger partial charge on any atom is -0.329 e. The van der Waals surface area contributed by atoms with Gasteiger partial charge in [-0.25, -0.2) is 0 Å². The lowest BCUT2D eigenvalue weighted by Crippen LogP contribution is -2.38. The zero-order valence-corrected chi connectivity index (χ0v) is 10.2. The Morgan fingerprint density at radius 3 is 2.29 bits per heavy atom. The predicted octanol–water partition coefficient (Wildman–Crippen LogP) is 2.97. The first-order valence-electron chi connectivity index (χ1n) is 5.60. The summed E-state index contributed by atoms with van der Waals surface area (Å²) in [7, 11) is 0. The summed E-state index contributed by atoms with van der Waals surface area (Å²) < 4.78 is 0. The van der Waals surface area contributed by atoms with E-state index in [9.17, 15) is 0 Å². The number of hydrogen-bond donors (Lipinski definition) is 0. The molecule has 80 valence electrons. The van der Waals surface area contributed by atoms with Gasteiger partial charge in [0.15, 0.2) is 0 Å². The Kier molecular flexibility index (Phi) is 3.14. The second kappa shape index (κ2) is 3.85. The van der Waals surface area contributed by atoms with Gasteiger partial charge in [-0.05, 0) is 23.7 Å². The number of likely N-dealkylation sites (tertiary alicyclic amines) is 1. The van der Waals surface area contributed by atoms with Crippen molar-refractivity contribution in [2.75, 3.05) is 6.54 Å². The minimum atomic E-state index is 0.376. The van der Waals surface area contributed by atoms with Gasteiger partial charge in [0.05, 0.1) is 0 Å². The molecular formula is C13H23N. The standard InChI is InChI=1S/C13H23N/c1-7-14-9-8-11(13(4,5)6)12(14)10(2)3/h1,10-12H,8-9H2,2-6H3. The third kappa shape index (κ3) is 2.05. The monoisotopic (exact) mass is 193 g/mol. The Morgan fingerprint density at radius 1 is 1.36 bits per heavy atom. The highest BCUT2D eigenvalue weighted by atomic mass is 15.2. The van der Waals surface area contributed by atoms with Crippen molar-refractivity contribution >= 4 is 0 Å². The number of hydrogen-bond acceptors (Lipinski definition) is 1. The van der Waals surface area contributed by atoms with Crippen LogP contribution in [-0.4, -0.2) is 17.5 Å². The first kappa shape index (κ1) is 11.4. The maximum absolute atomic E-state index is 5.54. The smallest absolute Gasteiger partial charge is 0.0428 e. The molecular weight excluding hydrogens is 170 g/mol. The Hall–Kier alpha value is -0.640. The van der Waals surface area contributed by atoms with E-state index in [4.69, 9.17) is 6.42 Å². The summed E-state index contributed by atoms with van der Waals surface area (Å²) in [5.74, 6) is 1.39. The summed E-state index contributed by atoms with van der Waals surface area (Å²) in [6.07, 6.45) is 6.79. The molecule has 0 N–H and O–H groups in total. The molecule has 0 aromatic rings. The largest absolute Gasteiger partial charge is 0.329 e. The third-order valence-electron chi connectivity index (χ3n) is 3.41. The molecule has 1 nitrogen and oxygen atoms in total. The molecule has 0 aromatic carbocycles. The van der Waals surface area contributed by atoms with Crippen molar-refractivity contribution in [1.29, 1.82) is 0 Å².